The van der Waals surface area contributed by atoms with Crippen molar-refractivity contribution in [2.24, 2.45) is 5.92 Å². The monoisotopic (exact) mass is 294 g/mol. The summed E-state index contributed by atoms with van der Waals surface area (Å²) >= 11 is 3.46. The molecule has 1 aliphatic heterocycles. The first-order valence-corrected chi connectivity index (χ1v) is 6.63. The van der Waals surface area contributed by atoms with Gasteiger partial charge in [0.25, 0.3) is 5.56 Å². The zero-order valence-electron chi connectivity index (χ0n) is 9.07. The Morgan fingerprint density at radius 3 is 3.00 bits per heavy atom. The Bertz CT molecular complexity index is 702. The minimum absolute atomic E-state index is 0.291. The maximum atomic E-state index is 11.8. The van der Waals surface area contributed by atoms with Gasteiger partial charge in [0.1, 0.15) is 0 Å². The molecule has 0 fully saturated rings. The second-order valence-corrected chi connectivity index (χ2v) is 5.06. The van der Waals surface area contributed by atoms with Crippen LogP contribution in [0.2, 0.25) is 0 Å². The number of halogens is 1. The van der Waals surface area contributed by atoms with Gasteiger partial charge in [-0.15, -0.1) is 0 Å². The van der Waals surface area contributed by atoms with Gasteiger partial charge in [0.05, 0.1) is 10.9 Å². The molecule has 3 rings (SSSR count). The molecular weight excluding hydrogens is 284 g/mol. The molecule has 88 valence electrons. The molecule has 1 atom stereocenters. The number of alkyl halides is 1. The molecular formula is C12H11BrN2O2. The zero-order chi connectivity index (χ0) is 12.0. The predicted molar refractivity (Wildman–Crippen MR) is 69.8 cm³/mol. The van der Waals surface area contributed by atoms with Crippen molar-refractivity contribution < 1.29 is 0 Å². The largest absolute Gasteiger partial charge is 0.328 e. The summed E-state index contributed by atoms with van der Waals surface area (Å²) in [5.74, 6) is 0.400. The van der Waals surface area contributed by atoms with Crippen molar-refractivity contribution in [2.45, 2.75) is 13.0 Å². The lowest BCUT2D eigenvalue weighted by atomic mass is 9.95. The maximum Gasteiger partial charge on any atom is 0.328 e. The van der Waals surface area contributed by atoms with Gasteiger partial charge in [0.2, 0.25) is 0 Å². The molecule has 0 saturated carbocycles. The number of rotatable bonds is 1. The highest BCUT2D eigenvalue weighted by Gasteiger charge is 2.21. The maximum absolute atomic E-state index is 11.8. The van der Waals surface area contributed by atoms with Crippen LogP contribution in [0, 0.1) is 5.92 Å². The van der Waals surface area contributed by atoms with Crippen molar-refractivity contribution in [3.05, 3.63) is 44.6 Å². The molecule has 1 N–H and O–H groups in total. The molecule has 0 radical (unpaired) electrons. The number of aromatic nitrogens is 2. The first-order valence-electron chi connectivity index (χ1n) is 5.51. The molecule has 2 aromatic rings. The summed E-state index contributed by atoms with van der Waals surface area (Å²) in [5, 5.41) is 1.46. The van der Waals surface area contributed by atoms with E-state index in [0.29, 0.717) is 17.8 Å². The summed E-state index contributed by atoms with van der Waals surface area (Å²) in [4.78, 5) is 25.9. The second kappa shape index (κ2) is 3.84. The van der Waals surface area contributed by atoms with Gasteiger partial charge >= 0.3 is 5.69 Å². The van der Waals surface area contributed by atoms with E-state index in [9.17, 15) is 9.59 Å². The zero-order valence-corrected chi connectivity index (χ0v) is 10.7. The number of para-hydroxylation sites is 1. The summed E-state index contributed by atoms with van der Waals surface area (Å²) in [6, 6.07) is 5.63. The lowest BCUT2D eigenvalue weighted by molar-refractivity contribution is 0.465. The third-order valence-electron chi connectivity index (χ3n) is 3.27. The number of H-pyrrole nitrogens is 1. The molecule has 1 aromatic heterocycles. The Labute approximate surface area is 105 Å². The molecule has 1 aliphatic rings. The molecule has 0 amide bonds. The Kier molecular flexibility index (Phi) is 2.43. The molecule has 0 aliphatic carbocycles. The number of aromatic amines is 1. The topological polar surface area (TPSA) is 54.9 Å². The Hall–Kier alpha value is -1.36. The summed E-state index contributed by atoms with van der Waals surface area (Å²) in [7, 11) is 0. The number of benzene rings is 1. The Balaban J connectivity index is 2.44. The normalized spacial score (nSPS) is 18.5. The van der Waals surface area contributed by atoms with Gasteiger partial charge in [0.15, 0.2) is 0 Å². The van der Waals surface area contributed by atoms with E-state index < -0.39 is 0 Å². The van der Waals surface area contributed by atoms with Crippen LogP contribution in [0.25, 0.3) is 10.9 Å². The molecule has 4 nitrogen and oxygen atoms in total. The van der Waals surface area contributed by atoms with Gasteiger partial charge in [-0.05, 0) is 24.0 Å². The van der Waals surface area contributed by atoms with E-state index in [0.717, 1.165) is 22.8 Å². The van der Waals surface area contributed by atoms with Gasteiger partial charge in [0, 0.05) is 11.9 Å². The average Bonchev–Trinajstić information content (AvgIpc) is 2.35. The standard InChI is InChI=1S/C12H11BrN2O2/c13-5-7-4-8-2-1-3-9-10(8)15(6-7)12(17)14-11(9)16/h1-3,7H,4-6H2,(H,14,16,17). The first-order chi connectivity index (χ1) is 8.20. The fourth-order valence-corrected chi connectivity index (χ4v) is 2.94. The molecule has 1 aromatic carbocycles. The summed E-state index contributed by atoms with van der Waals surface area (Å²) in [6.45, 7) is 0.661. The van der Waals surface area contributed by atoms with Crippen LogP contribution in [0.1, 0.15) is 5.56 Å². The van der Waals surface area contributed by atoms with Crippen molar-refractivity contribution in [3.8, 4) is 0 Å². The van der Waals surface area contributed by atoms with Crippen LogP contribution in [0.5, 0.6) is 0 Å². The first kappa shape index (κ1) is 10.8. The van der Waals surface area contributed by atoms with E-state index >= 15 is 0 Å². The summed E-state index contributed by atoms with van der Waals surface area (Å²) < 4.78 is 1.68. The van der Waals surface area contributed by atoms with Crippen LogP contribution in [0.3, 0.4) is 0 Å². The van der Waals surface area contributed by atoms with Crippen LogP contribution in [-0.2, 0) is 13.0 Å². The predicted octanol–water partition coefficient (Wildman–Crippen LogP) is 1.26. The van der Waals surface area contributed by atoms with Crippen LogP contribution in [0.15, 0.2) is 27.8 Å². The quantitative estimate of drug-likeness (QED) is 0.805. The smallest absolute Gasteiger partial charge is 0.293 e. The van der Waals surface area contributed by atoms with E-state index in [1.165, 1.54) is 0 Å². The van der Waals surface area contributed by atoms with Gasteiger partial charge in [-0.1, -0.05) is 28.1 Å². The number of nitrogens with zero attached hydrogens (tertiary/aromatic N) is 1. The lowest BCUT2D eigenvalue weighted by Crippen LogP contribution is -2.36. The fraction of sp³-hybridized carbons (Fsp3) is 0.333. The van der Waals surface area contributed by atoms with E-state index in [4.69, 9.17) is 0 Å². The van der Waals surface area contributed by atoms with E-state index in [1.807, 2.05) is 12.1 Å². The minimum Gasteiger partial charge on any atom is -0.293 e. The van der Waals surface area contributed by atoms with Gasteiger partial charge in [-0.3, -0.25) is 14.3 Å². The third-order valence-corrected chi connectivity index (χ3v) is 4.18. The Morgan fingerprint density at radius 2 is 2.24 bits per heavy atom. The second-order valence-electron chi connectivity index (χ2n) is 4.41. The number of nitrogens with one attached hydrogen (secondary N) is 1. The third kappa shape index (κ3) is 1.57. The van der Waals surface area contributed by atoms with Gasteiger partial charge in [-0.25, -0.2) is 4.79 Å². The number of hydrogen-bond acceptors (Lipinski definition) is 2. The minimum atomic E-state index is -0.305. The van der Waals surface area contributed by atoms with E-state index in [1.54, 1.807) is 10.6 Å². The molecule has 0 saturated heterocycles. The molecule has 0 spiro atoms. The average molecular weight is 295 g/mol. The SMILES string of the molecule is O=c1[nH]c(=O)n2c3c(cccc13)CC(CBr)C2. The highest BCUT2D eigenvalue weighted by Crippen LogP contribution is 2.25. The highest BCUT2D eigenvalue weighted by molar-refractivity contribution is 9.09. The van der Waals surface area contributed by atoms with E-state index in [-0.39, 0.29) is 11.2 Å². The molecule has 5 heteroatoms. The lowest BCUT2D eigenvalue weighted by Gasteiger charge is -2.24. The Morgan fingerprint density at radius 1 is 1.41 bits per heavy atom. The summed E-state index contributed by atoms with van der Waals surface area (Å²) in [5.41, 5.74) is 1.29. The van der Waals surface area contributed by atoms with Crippen molar-refractivity contribution in [2.75, 3.05) is 5.33 Å². The summed E-state index contributed by atoms with van der Waals surface area (Å²) in [6.07, 6.45) is 0.908. The highest BCUT2D eigenvalue weighted by atomic mass is 79.9. The van der Waals surface area contributed by atoms with Gasteiger partial charge < -0.3 is 0 Å². The van der Waals surface area contributed by atoms with Crippen molar-refractivity contribution in [1.29, 1.82) is 0 Å². The number of hydrogen-bond donors (Lipinski definition) is 1. The van der Waals surface area contributed by atoms with Crippen molar-refractivity contribution in [1.82, 2.24) is 9.55 Å². The van der Waals surface area contributed by atoms with Crippen LogP contribution < -0.4 is 11.2 Å². The van der Waals surface area contributed by atoms with Crippen molar-refractivity contribution in [3.63, 3.8) is 0 Å². The van der Waals surface area contributed by atoms with E-state index in [2.05, 4.69) is 20.9 Å². The van der Waals surface area contributed by atoms with Gasteiger partial charge in [-0.2, -0.15) is 0 Å². The fourth-order valence-electron chi connectivity index (χ4n) is 2.50. The molecule has 2 heterocycles. The molecule has 0 bridgehead atoms. The molecule has 1 unspecified atom stereocenters. The van der Waals surface area contributed by atoms with Crippen LogP contribution in [-0.4, -0.2) is 14.9 Å². The van der Waals surface area contributed by atoms with Crippen molar-refractivity contribution >= 4 is 26.8 Å². The molecule has 17 heavy (non-hydrogen) atoms. The van der Waals surface area contributed by atoms with Crippen LogP contribution >= 0.6 is 15.9 Å². The van der Waals surface area contributed by atoms with Crippen LogP contribution in [0.4, 0.5) is 0 Å².